The Bertz CT molecular complexity index is 768. The first-order valence-electron chi connectivity index (χ1n) is 6.91. The van der Waals surface area contributed by atoms with Gasteiger partial charge in [0.1, 0.15) is 11.6 Å². The Morgan fingerprint density at radius 1 is 1.43 bits per heavy atom. The van der Waals surface area contributed by atoms with Gasteiger partial charge in [0.2, 0.25) is 0 Å². The molecule has 1 aliphatic heterocycles. The van der Waals surface area contributed by atoms with Crippen molar-refractivity contribution in [3.8, 4) is 5.75 Å². The number of para-hydroxylation sites is 1. The van der Waals surface area contributed by atoms with Crippen molar-refractivity contribution < 1.29 is 13.5 Å². The van der Waals surface area contributed by atoms with Gasteiger partial charge in [-0.25, -0.2) is 4.98 Å². The molecule has 112 valence electrons. The smallest absolute Gasteiger partial charge is 0.281 e. The summed E-state index contributed by atoms with van der Waals surface area (Å²) in [6, 6.07) is 5.09. The number of sulfonamides is 1. The quantitative estimate of drug-likeness (QED) is 0.905. The van der Waals surface area contributed by atoms with Crippen LogP contribution in [-0.2, 0) is 22.9 Å². The molecule has 0 aliphatic carbocycles. The predicted molar refractivity (Wildman–Crippen MR) is 78.9 cm³/mol. The van der Waals surface area contributed by atoms with Crippen LogP contribution in [-0.4, -0.2) is 30.0 Å². The van der Waals surface area contributed by atoms with Crippen LogP contribution in [0, 0.1) is 0 Å². The number of phenolic OH excluding ortho intramolecular Hbond substituents is 1. The van der Waals surface area contributed by atoms with E-state index in [0.717, 1.165) is 18.4 Å². The maximum Gasteiger partial charge on any atom is 0.281 e. The second-order valence-electron chi connectivity index (χ2n) is 5.01. The highest BCUT2D eigenvalue weighted by Gasteiger charge is 2.32. The number of phenols is 1. The molecule has 0 radical (unpaired) electrons. The van der Waals surface area contributed by atoms with E-state index in [2.05, 4.69) is 9.97 Å². The Morgan fingerprint density at radius 2 is 2.24 bits per heavy atom. The lowest BCUT2D eigenvalue weighted by Crippen LogP contribution is -2.35. The van der Waals surface area contributed by atoms with E-state index in [1.165, 1.54) is 16.6 Å². The van der Waals surface area contributed by atoms with Crippen LogP contribution in [0.15, 0.2) is 29.4 Å². The molecule has 6 nitrogen and oxygen atoms in total. The van der Waals surface area contributed by atoms with Crippen molar-refractivity contribution in [2.75, 3.05) is 10.8 Å². The lowest BCUT2D eigenvalue weighted by atomic mass is 10.0. The lowest BCUT2D eigenvalue weighted by molar-refractivity contribution is 0.472. The molecule has 1 aromatic heterocycles. The minimum absolute atomic E-state index is 0.00833. The summed E-state index contributed by atoms with van der Waals surface area (Å²) in [5.41, 5.74) is 1.23. The largest absolute Gasteiger partial charge is 0.506 e. The van der Waals surface area contributed by atoms with Gasteiger partial charge in [0, 0.05) is 13.0 Å². The van der Waals surface area contributed by atoms with Crippen LogP contribution in [0.1, 0.15) is 24.7 Å². The third kappa shape index (κ3) is 2.27. The summed E-state index contributed by atoms with van der Waals surface area (Å²) >= 11 is 0. The molecule has 1 aliphatic rings. The minimum Gasteiger partial charge on any atom is -0.506 e. The van der Waals surface area contributed by atoms with Gasteiger partial charge in [0.25, 0.3) is 10.0 Å². The number of aromatic nitrogens is 2. The molecule has 2 aromatic rings. The van der Waals surface area contributed by atoms with Crippen LogP contribution < -0.4 is 4.31 Å². The Morgan fingerprint density at radius 3 is 2.95 bits per heavy atom. The number of nitrogens with zero attached hydrogens (tertiary/aromatic N) is 2. The Kier molecular flexibility index (Phi) is 3.36. The fraction of sp³-hybridized carbons (Fsp3) is 0.357. The van der Waals surface area contributed by atoms with Gasteiger partial charge in [-0.3, -0.25) is 4.31 Å². The molecule has 0 saturated heterocycles. The third-order valence-corrected chi connectivity index (χ3v) is 5.37. The van der Waals surface area contributed by atoms with Crippen LogP contribution in [0.4, 0.5) is 5.69 Å². The van der Waals surface area contributed by atoms with Crippen LogP contribution >= 0.6 is 0 Å². The van der Waals surface area contributed by atoms with E-state index >= 15 is 0 Å². The van der Waals surface area contributed by atoms with Gasteiger partial charge < -0.3 is 10.1 Å². The zero-order valence-electron chi connectivity index (χ0n) is 11.7. The molecule has 2 N–H and O–H groups in total. The summed E-state index contributed by atoms with van der Waals surface area (Å²) in [7, 11) is -3.73. The van der Waals surface area contributed by atoms with E-state index in [4.69, 9.17) is 0 Å². The zero-order valence-corrected chi connectivity index (χ0v) is 12.5. The molecule has 0 atom stereocenters. The standard InChI is InChI=1S/C14H17N3O3S/c1-2-12-15-9-13(16-12)21(19,20)17-8-4-6-10-5-3-7-11(18)14(10)17/h3,5,7,9,18H,2,4,6,8H2,1H3,(H,15,16). The molecule has 2 heterocycles. The number of nitrogens with one attached hydrogen (secondary N) is 1. The molecule has 0 saturated carbocycles. The fourth-order valence-electron chi connectivity index (χ4n) is 2.61. The second-order valence-corrected chi connectivity index (χ2v) is 6.84. The van der Waals surface area contributed by atoms with E-state index in [9.17, 15) is 13.5 Å². The van der Waals surface area contributed by atoms with Gasteiger partial charge >= 0.3 is 0 Å². The van der Waals surface area contributed by atoms with E-state index in [-0.39, 0.29) is 10.8 Å². The van der Waals surface area contributed by atoms with Crippen molar-refractivity contribution >= 4 is 15.7 Å². The maximum absolute atomic E-state index is 12.8. The fourth-order valence-corrected chi connectivity index (χ4v) is 4.10. The summed E-state index contributed by atoms with van der Waals surface area (Å²) in [6.07, 6.45) is 3.46. The molecule has 0 spiro atoms. The van der Waals surface area contributed by atoms with Crippen LogP contribution in [0.3, 0.4) is 0 Å². The van der Waals surface area contributed by atoms with E-state index in [0.29, 0.717) is 24.5 Å². The van der Waals surface area contributed by atoms with Crippen LogP contribution in [0.25, 0.3) is 0 Å². The van der Waals surface area contributed by atoms with Gasteiger partial charge in [0.15, 0.2) is 5.03 Å². The monoisotopic (exact) mass is 307 g/mol. The number of fused-ring (bicyclic) bond motifs is 1. The number of hydrogen-bond acceptors (Lipinski definition) is 4. The molecule has 3 rings (SSSR count). The number of aromatic amines is 1. The molecule has 0 amide bonds. The highest BCUT2D eigenvalue weighted by Crippen LogP contribution is 2.38. The third-order valence-electron chi connectivity index (χ3n) is 3.66. The lowest BCUT2D eigenvalue weighted by Gasteiger charge is -2.30. The van der Waals surface area contributed by atoms with Crippen molar-refractivity contribution in [1.29, 1.82) is 0 Å². The first-order chi connectivity index (χ1) is 10.0. The van der Waals surface area contributed by atoms with Crippen LogP contribution in [0.5, 0.6) is 5.75 Å². The number of imidazole rings is 1. The number of aromatic hydroxyl groups is 1. The Hall–Kier alpha value is -2.02. The van der Waals surface area contributed by atoms with Gasteiger partial charge in [0.05, 0.1) is 11.9 Å². The zero-order chi connectivity index (χ0) is 15.0. The number of rotatable bonds is 3. The van der Waals surface area contributed by atoms with E-state index in [1.54, 1.807) is 6.07 Å². The minimum atomic E-state index is -3.73. The van der Waals surface area contributed by atoms with Crippen molar-refractivity contribution in [2.45, 2.75) is 31.2 Å². The second kappa shape index (κ2) is 5.07. The Labute approximate surface area is 123 Å². The van der Waals surface area contributed by atoms with Gasteiger partial charge in [-0.2, -0.15) is 8.42 Å². The topological polar surface area (TPSA) is 86.3 Å². The average Bonchev–Trinajstić information content (AvgIpc) is 2.97. The summed E-state index contributed by atoms with van der Waals surface area (Å²) < 4.78 is 26.8. The van der Waals surface area contributed by atoms with Crippen molar-refractivity contribution in [2.24, 2.45) is 0 Å². The molecule has 7 heteroatoms. The summed E-state index contributed by atoms with van der Waals surface area (Å²) in [6.45, 7) is 2.25. The summed E-state index contributed by atoms with van der Waals surface area (Å²) in [5, 5.41) is 10.1. The molecular formula is C14H17N3O3S. The van der Waals surface area contributed by atoms with E-state index < -0.39 is 10.0 Å². The SMILES string of the molecule is CCc1ncc(S(=O)(=O)N2CCCc3cccc(O)c32)[nH]1. The van der Waals surface area contributed by atoms with Crippen LogP contribution in [0.2, 0.25) is 0 Å². The normalized spacial score (nSPS) is 15.0. The van der Waals surface area contributed by atoms with Crippen molar-refractivity contribution in [3.63, 3.8) is 0 Å². The molecule has 0 fully saturated rings. The van der Waals surface area contributed by atoms with Gasteiger partial charge in [-0.15, -0.1) is 0 Å². The highest BCUT2D eigenvalue weighted by molar-refractivity contribution is 7.92. The van der Waals surface area contributed by atoms with Gasteiger partial charge in [-0.1, -0.05) is 19.1 Å². The molecule has 21 heavy (non-hydrogen) atoms. The number of hydrogen-bond donors (Lipinski definition) is 2. The number of H-pyrrole nitrogens is 1. The van der Waals surface area contributed by atoms with E-state index in [1.807, 2.05) is 13.0 Å². The molecule has 0 unspecified atom stereocenters. The summed E-state index contributed by atoms with van der Waals surface area (Å²) in [5.74, 6) is 0.620. The van der Waals surface area contributed by atoms with Crippen molar-refractivity contribution in [3.05, 3.63) is 35.8 Å². The average molecular weight is 307 g/mol. The van der Waals surface area contributed by atoms with Crippen molar-refractivity contribution in [1.82, 2.24) is 9.97 Å². The first-order valence-corrected chi connectivity index (χ1v) is 8.35. The maximum atomic E-state index is 12.8. The molecule has 0 bridgehead atoms. The molecule has 1 aromatic carbocycles. The highest BCUT2D eigenvalue weighted by atomic mass is 32.2. The Balaban J connectivity index is 2.09. The summed E-state index contributed by atoms with van der Waals surface area (Å²) in [4.78, 5) is 6.88. The number of anilines is 1. The first kappa shape index (κ1) is 13.9. The molecular weight excluding hydrogens is 290 g/mol. The van der Waals surface area contributed by atoms with Gasteiger partial charge in [-0.05, 0) is 24.5 Å². The number of benzene rings is 1. The number of aryl methyl sites for hydroxylation is 2. The predicted octanol–water partition coefficient (Wildman–Crippen LogP) is 1.82.